The number of Topliss-reactive ketones (excluding diaryl/α,β-unsaturated/α-hetero) is 1. The summed E-state index contributed by atoms with van der Waals surface area (Å²) >= 11 is 0. The molecule has 0 saturated carbocycles. The Hall–Kier alpha value is -1.43. The quantitative estimate of drug-likeness (QED) is 0.609. The summed E-state index contributed by atoms with van der Waals surface area (Å²) in [5.74, 6) is 0.564. The lowest BCUT2D eigenvalue weighted by molar-refractivity contribution is 0.0613. The average molecular weight is 309 g/mol. The van der Waals surface area contributed by atoms with Gasteiger partial charge in [0.25, 0.3) is 0 Å². The van der Waals surface area contributed by atoms with Crippen molar-refractivity contribution in [2.24, 2.45) is 0 Å². The summed E-state index contributed by atoms with van der Waals surface area (Å²) in [6, 6.07) is 6.94. The molecular formula is C17H27NO4. The summed E-state index contributed by atoms with van der Waals surface area (Å²) in [6.07, 6.45) is 1.48. The van der Waals surface area contributed by atoms with Crippen LogP contribution in [0.5, 0.6) is 5.75 Å². The average Bonchev–Trinajstić information content (AvgIpc) is 2.51. The predicted molar refractivity (Wildman–Crippen MR) is 86.4 cm³/mol. The van der Waals surface area contributed by atoms with Gasteiger partial charge in [0.2, 0.25) is 0 Å². The highest BCUT2D eigenvalue weighted by Gasteiger charge is 2.12. The first-order valence-corrected chi connectivity index (χ1v) is 7.82. The minimum absolute atomic E-state index is 0.0142. The number of unbranched alkanes of at least 4 members (excludes halogenated alkanes) is 1. The predicted octanol–water partition coefficient (Wildman–Crippen LogP) is 1.72. The van der Waals surface area contributed by atoms with Crippen molar-refractivity contribution in [1.82, 2.24) is 4.90 Å². The second-order valence-electron chi connectivity index (χ2n) is 5.43. The van der Waals surface area contributed by atoms with E-state index in [9.17, 15) is 9.90 Å². The molecule has 0 bridgehead atoms. The van der Waals surface area contributed by atoms with Crippen LogP contribution in [0.15, 0.2) is 24.3 Å². The number of rotatable bonds is 11. The summed E-state index contributed by atoms with van der Waals surface area (Å²) < 4.78 is 5.55. The van der Waals surface area contributed by atoms with E-state index in [2.05, 4.69) is 6.92 Å². The van der Waals surface area contributed by atoms with Crippen molar-refractivity contribution in [3.63, 3.8) is 0 Å². The van der Waals surface area contributed by atoms with Crippen molar-refractivity contribution in [2.75, 3.05) is 32.8 Å². The lowest BCUT2D eigenvalue weighted by Gasteiger charge is -2.24. The summed E-state index contributed by atoms with van der Waals surface area (Å²) in [4.78, 5) is 13.3. The zero-order valence-corrected chi connectivity index (χ0v) is 13.5. The van der Waals surface area contributed by atoms with E-state index in [1.54, 1.807) is 24.3 Å². The van der Waals surface area contributed by atoms with Gasteiger partial charge in [-0.05, 0) is 32.0 Å². The molecule has 0 spiro atoms. The first kappa shape index (κ1) is 18.6. The molecule has 0 aromatic heterocycles. The van der Waals surface area contributed by atoms with Gasteiger partial charge in [-0.2, -0.15) is 0 Å². The van der Waals surface area contributed by atoms with E-state index >= 15 is 0 Å². The van der Waals surface area contributed by atoms with E-state index in [1.165, 1.54) is 6.92 Å². The standard InChI is InChI=1S/C17H27NO4/c1-3-4-8-18(9-10-19)12-16(21)13-22-17-7-5-6-15(11-17)14(2)20/h5-7,11,16,19,21H,3-4,8-10,12-13H2,1-2H3/t16-/m0/s1. The minimum atomic E-state index is -0.635. The van der Waals surface area contributed by atoms with Gasteiger partial charge in [-0.25, -0.2) is 0 Å². The number of nitrogens with zero attached hydrogens (tertiary/aromatic N) is 1. The highest BCUT2D eigenvalue weighted by Crippen LogP contribution is 2.14. The SMILES string of the molecule is CCCCN(CCO)C[C@H](O)COc1cccc(C(C)=O)c1. The molecule has 0 aliphatic rings. The molecule has 5 nitrogen and oxygen atoms in total. The Morgan fingerprint density at radius 2 is 2.14 bits per heavy atom. The Balaban J connectivity index is 2.45. The lowest BCUT2D eigenvalue weighted by atomic mass is 10.1. The largest absolute Gasteiger partial charge is 0.491 e. The maximum absolute atomic E-state index is 11.3. The first-order chi connectivity index (χ1) is 10.6. The molecule has 22 heavy (non-hydrogen) atoms. The highest BCUT2D eigenvalue weighted by atomic mass is 16.5. The fourth-order valence-corrected chi connectivity index (χ4v) is 2.17. The molecule has 0 unspecified atom stereocenters. The van der Waals surface area contributed by atoms with Gasteiger partial charge < -0.3 is 14.9 Å². The van der Waals surface area contributed by atoms with Crippen LogP contribution < -0.4 is 4.74 Å². The van der Waals surface area contributed by atoms with Crippen LogP contribution in [-0.2, 0) is 0 Å². The molecule has 0 radical (unpaired) electrons. The second-order valence-corrected chi connectivity index (χ2v) is 5.43. The van der Waals surface area contributed by atoms with Crippen molar-refractivity contribution in [1.29, 1.82) is 0 Å². The fourth-order valence-electron chi connectivity index (χ4n) is 2.17. The Bertz CT molecular complexity index is 450. The molecule has 1 rings (SSSR count). The molecule has 0 heterocycles. The topological polar surface area (TPSA) is 70.0 Å². The van der Waals surface area contributed by atoms with E-state index in [-0.39, 0.29) is 19.0 Å². The minimum Gasteiger partial charge on any atom is -0.491 e. The molecule has 1 aromatic carbocycles. The Labute approximate surface area is 132 Å². The first-order valence-electron chi connectivity index (χ1n) is 7.82. The monoisotopic (exact) mass is 309 g/mol. The van der Waals surface area contributed by atoms with E-state index in [4.69, 9.17) is 9.84 Å². The molecule has 0 saturated heterocycles. The van der Waals surface area contributed by atoms with Gasteiger partial charge in [0.15, 0.2) is 5.78 Å². The molecule has 0 aliphatic heterocycles. The van der Waals surface area contributed by atoms with Crippen LogP contribution in [0.25, 0.3) is 0 Å². The molecule has 0 amide bonds. The summed E-state index contributed by atoms with van der Waals surface area (Å²) in [7, 11) is 0. The summed E-state index contributed by atoms with van der Waals surface area (Å²) in [6.45, 7) is 5.73. The number of ketones is 1. The van der Waals surface area contributed by atoms with E-state index < -0.39 is 6.10 Å². The smallest absolute Gasteiger partial charge is 0.159 e. The third-order valence-corrected chi connectivity index (χ3v) is 3.40. The third-order valence-electron chi connectivity index (χ3n) is 3.40. The number of aliphatic hydroxyl groups excluding tert-OH is 2. The fraction of sp³-hybridized carbons (Fsp3) is 0.588. The van der Waals surface area contributed by atoms with Crippen LogP contribution in [0.3, 0.4) is 0 Å². The van der Waals surface area contributed by atoms with Crippen molar-refractivity contribution in [2.45, 2.75) is 32.8 Å². The van der Waals surface area contributed by atoms with Gasteiger partial charge in [-0.3, -0.25) is 9.69 Å². The normalized spacial score (nSPS) is 12.4. The van der Waals surface area contributed by atoms with Gasteiger partial charge in [0, 0.05) is 18.7 Å². The van der Waals surface area contributed by atoms with Crippen LogP contribution in [-0.4, -0.2) is 59.8 Å². The number of ether oxygens (including phenoxy) is 1. The van der Waals surface area contributed by atoms with Crippen molar-refractivity contribution in [3.8, 4) is 5.75 Å². The van der Waals surface area contributed by atoms with Crippen molar-refractivity contribution >= 4 is 5.78 Å². The van der Waals surface area contributed by atoms with Crippen LogP contribution in [0.4, 0.5) is 0 Å². The van der Waals surface area contributed by atoms with Gasteiger partial charge in [0.05, 0.1) is 6.61 Å². The van der Waals surface area contributed by atoms with Gasteiger partial charge in [-0.15, -0.1) is 0 Å². The third kappa shape index (κ3) is 7.02. The maximum atomic E-state index is 11.3. The van der Waals surface area contributed by atoms with E-state index in [1.807, 2.05) is 4.90 Å². The summed E-state index contributed by atoms with van der Waals surface area (Å²) in [5, 5.41) is 19.1. The number of aliphatic hydroxyl groups is 2. The molecule has 0 aliphatic carbocycles. The van der Waals surface area contributed by atoms with E-state index in [0.717, 1.165) is 19.4 Å². The van der Waals surface area contributed by atoms with Gasteiger partial charge in [0.1, 0.15) is 18.5 Å². The van der Waals surface area contributed by atoms with Crippen LogP contribution in [0.1, 0.15) is 37.0 Å². The summed E-state index contributed by atoms with van der Waals surface area (Å²) in [5.41, 5.74) is 0.594. The van der Waals surface area contributed by atoms with Gasteiger partial charge >= 0.3 is 0 Å². The Kier molecular flexibility index (Phi) is 8.74. The number of hydrogen-bond acceptors (Lipinski definition) is 5. The maximum Gasteiger partial charge on any atom is 0.159 e. The van der Waals surface area contributed by atoms with E-state index in [0.29, 0.717) is 24.4 Å². The Morgan fingerprint density at radius 1 is 1.36 bits per heavy atom. The van der Waals surface area contributed by atoms with Crippen molar-refractivity contribution < 1.29 is 19.7 Å². The molecule has 0 fully saturated rings. The zero-order valence-electron chi connectivity index (χ0n) is 13.5. The van der Waals surface area contributed by atoms with Crippen LogP contribution >= 0.6 is 0 Å². The molecule has 124 valence electrons. The molecule has 1 atom stereocenters. The second kappa shape index (κ2) is 10.3. The lowest BCUT2D eigenvalue weighted by Crippen LogP contribution is -2.37. The molecule has 1 aromatic rings. The zero-order chi connectivity index (χ0) is 16.4. The number of hydrogen-bond donors (Lipinski definition) is 2. The number of carbonyl (C=O) groups excluding carboxylic acids is 1. The molecule has 2 N–H and O–H groups in total. The van der Waals surface area contributed by atoms with Crippen LogP contribution in [0, 0.1) is 0 Å². The molecule has 5 heteroatoms. The molecular weight excluding hydrogens is 282 g/mol. The number of carbonyl (C=O) groups is 1. The number of benzene rings is 1. The highest BCUT2D eigenvalue weighted by molar-refractivity contribution is 5.94. The Morgan fingerprint density at radius 3 is 2.77 bits per heavy atom. The van der Waals surface area contributed by atoms with Crippen LogP contribution in [0.2, 0.25) is 0 Å². The van der Waals surface area contributed by atoms with Gasteiger partial charge in [-0.1, -0.05) is 25.5 Å². The van der Waals surface area contributed by atoms with Crippen molar-refractivity contribution in [3.05, 3.63) is 29.8 Å².